The minimum atomic E-state index is -3.93. The number of halogens is 1. The van der Waals surface area contributed by atoms with E-state index in [1.54, 1.807) is 31.2 Å². The number of ether oxygens (including phenoxy) is 1. The number of rotatable bonds is 5. The standard InChI is InChI=1S/C12H15ClN4O3S2.C4H9NO2/c1-7-10(21-11(15-7)16-8(2)18)12(13)6-4-3-5-9(12)17-22(14,19)20;1-3-5-4(6)7-2/h3-6,9,17H,1-2H3,(H2,14,19,20)(H,15,16,18);3H2,1-2H3,(H,5,6). The molecular formula is C16H24ClN5O5S2. The van der Waals surface area contributed by atoms with Crippen LogP contribution in [-0.2, 0) is 24.6 Å². The van der Waals surface area contributed by atoms with Crippen LogP contribution in [0.25, 0.3) is 0 Å². The molecule has 0 aromatic carbocycles. The number of hydrogen-bond donors (Lipinski definition) is 4. The molecule has 2 amide bonds. The Hall–Kier alpha value is -1.99. The number of alkyl carbamates (subject to hydrolysis) is 1. The molecule has 13 heteroatoms. The molecule has 1 aromatic heterocycles. The second-order valence-corrected chi connectivity index (χ2v) is 8.74. The summed E-state index contributed by atoms with van der Waals surface area (Å²) in [6.07, 6.45) is 6.28. The van der Waals surface area contributed by atoms with Gasteiger partial charge in [-0.05, 0) is 13.8 Å². The molecular weight excluding hydrogens is 442 g/mol. The van der Waals surface area contributed by atoms with Crippen LogP contribution >= 0.6 is 22.9 Å². The molecule has 1 aliphatic carbocycles. The van der Waals surface area contributed by atoms with E-state index in [9.17, 15) is 18.0 Å². The molecule has 2 rings (SSSR count). The zero-order valence-electron chi connectivity index (χ0n) is 16.4. The van der Waals surface area contributed by atoms with E-state index < -0.39 is 21.1 Å². The smallest absolute Gasteiger partial charge is 0.406 e. The van der Waals surface area contributed by atoms with Gasteiger partial charge in [0.05, 0.1) is 23.7 Å². The predicted molar refractivity (Wildman–Crippen MR) is 113 cm³/mol. The van der Waals surface area contributed by atoms with E-state index in [1.807, 2.05) is 6.92 Å². The number of aryl methyl sites for hydroxylation is 1. The zero-order chi connectivity index (χ0) is 22.2. The lowest BCUT2D eigenvalue weighted by Crippen LogP contribution is -2.48. The van der Waals surface area contributed by atoms with Crippen molar-refractivity contribution in [2.24, 2.45) is 5.14 Å². The van der Waals surface area contributed by atoms with E-state index in [-0.39, 0.29) is 12.0 Å². The molecule has 162 valence electrons. The lowest BCUT2D eigenvalue weighted by molar-refractivity contribution is -0.114. The number of carbonyl (C=O) groups is 2. The predicted octanol–water partition coefficient (Wildman–Crippen LogP) is 1.49. The number of aromatic nitrogens is 1. The Morgan fingerprint density at radius 2 is 2.07 bits per heavy atom. The summed E-state index contributed by atoms with van der Waals surface area (Å²) in [6.45, 7) is 5.56. The Labute approximate surface area is 178 Å². The first kappa shape index (κ1) is 25.0. The largest absolute Gasteiger partial charge is 0.453 e. The summed E-state index contributed by atoms with van der Waals surface area (Å²) in [5, 5.41) is 10.5. The molecule has 0 radical (unpaired) electrons. The second-order valence-electron chi connectivity index (χ2n) is 5.79. The molecule has 10 nitrogen and oxygen atoms in total. The summed E-state index contributed by atoms with van der Waals surface area (Å²) in [5.74, 6) is -0.248. The van der Waals surface area contributed by atoms with Crippen LogP contribution in [0.4, 0.5) is 9.93 Å². The topological polar surface area (TPSA) is 153 Å². The maximum atomic E-state index is 11.3. The van der Waals surface area contributed by atoms with E-state index in [0.717, 1.165) is 0 Å². The minimum Gasteiger partial charge on any atom is -0.453 e. The van der Waals surface area contributed by atoms with Crippen LogP contribution in [0.1, 0.15) is 24.4 Å². The van der Waals surface area contributed by atoms with E-state index in [1.165, 1.54) is 25.4 Å². The Morgan fingerprint density at radius 3 is 2.55 bits per heavy atom. The summed E-state index contributed by atoms with van der Waals surface area (Å²) in [7, 11) is -2.59. The number of nitrogens with zero attached hydrogens (tertiary/aromatic N) is 1. The molecule has 5 N–H and O–H groups in total. The first-order chi connectivity index (χ1) is 13.4. The number of nitrogens with two attached hydrogens (primary N) is 1. The molecule has 0 saturated carbocycles. The van der Waals surface area contributed by atoms with Crippen LogP contribution in [0.3, 0.4) is 0 Å². The van der Waals surface area contributed by atoms with E-state index in [0.29, 0.717) is 22.2 Å². The second kappa shape index (κ2) is 10.7. The van der Waals surface area contributed by atoms with Crippen molar-refractivity contribution in [1.29, 1.82) is 0 Å². The van der Waals surface area contributed by atoms with E-state index in [2.05, 4.69) is 25.1 Å². The van der Waals surface area contributed by atoms with Crippen molar-refractivity contribution >= 4 is 50.3 Å². The van der Waals surface area contributed by atoms with E-state index in [4.69, 9.17) is 16.7 Å². The fourth-order valence-corrected chi connectivity index (χ4v) is 4.56. The number of methoxy groups -OCH3 is 1. The molecule has 0 saturated heterocycles. The van der Waals surface area contributed by atoms with Crippen molar-refractivity contribution in [2.45, 2.75) is 31.7 Å². The Morgan fingerprint density at radius 1 is 1.41 bits per heavy atom. The average Bonchev–Trinajstić information content (AvgIpc) is 2.97. The van der Waals surface area contributed by atoms with Crippen LogP contribution < -0.4 is 20.5 Å². The van der Waals surface area contributed by atoms with Crippen LogP contribution in [0.2, 0.25) is 0 Å². The highest BCUT2D eigenvalue weighted by molar-refractivity contribution is 7.87. The number of alkyl halides is 1. The lowest BCUT2D eigenvalue weighted by Gasteiger charge is -2.32. The van der Waals surface area contributed by atoms with Gasteiger partial charge >= 0.3 is 6.09 Å². The first-order valence-electron chi connectivity index (χ1n) is 8.35. The molecule has 1 heterocycles. The fraction of sp³-hybridized carbons (Fsp3) is 0.438. The van der Waals surface area contributed by atoms with Crippen molar-refractivity contribution in [3.05, 3.63) is 34.9 Å². The number of carbonyl (C=O) groups excluding carboxylic acids is 2. The molecule has 1 aliphatic rings. The first-order valence-corrected chi connectivity index (χ1v) is 11.1. The molecule has 0 bridgehead atoms. The van der Waals surface area contributed by atoms with Gasteiger partial charge in [-0.1, -0.05) is 35.6 Å². The third kappa shape index (κ3) is 7.74. The highest BCUT2D eigenvalue weighted by Gasteiger charge is 2.41. The zero-order valence-corrected chi connectivity index (χ0v) is 18.7. The van der Waals surface area contributed by atoms with Gasteiger partial charge in [0.1, 0.15) is 4.87 Å². The summed E-state index contributed by atoms with van der Waals surface area (Å²) < 4.78 is 29.2. The van der Waals surface area contributed by atoms with Gasteiger partial charge in [0.2, 0.25) is 5.91 Å². The molecule has 0 aliphatic heterocycles. The highest BCUT2D eigenvalue weighted by Crippen LogP contribution is 2.43. The summed E-state index contributed by atoms with van der Waals surface area (Å²) >= 11 is 7.85. The summed E-state index contributed by atoms with van der Waals surface area (Å²) in [5.41, 5.74) is 0.602. The monoisotopic (exact) mass is 465 g/mol. The minimum absolute atomic E-state index is 0.248. The highest BCUT2D eigenvalue weighted by atomic mass is 35.5. The lowest BCUT2D eigenvalue weighted by atomic mass is 9.92. The van der Waals surface area contributed by atoms with Gasteiger partial charge in [0.15, 0.2) is 5.13 Å². The van der Waals surface area contributed by atoms with Gasteiger partial charge in [-0.25, -0.2) is 14.9 Å². The number of allylic oxidation sites excluding steroid dienone is 2. The van der Waals surface area contributed by atoms with Gasteiger partial charge in [0.25, 0.3) is 10.2 Å². The molecule has 2 unspecified atom stereocenters. The van der Waals surface area contributed by atoms with Crippen LogP contribution in [0.15, 0.2) is 24.3 Å². The van der Waals surface area contributed by atoms with Crippen molar-refractivity contribution in [2.75, 3.05) is 19.0 Å². The molecule has 29 heavy (non-hydrogen) atoms. The molecule has 2 atom stereocenters. The number of thiazole rings is 1. The molecule has 0 spiro atoms. The maximum absolute atomic E-state index is 11.3. The maximum Gasteiger partial charge on any atom is 0.406 e. The van der Waals surface area contributed by atoms with E-state index >= 15 is 0 Å². The van der Waals surface area contributed by atoms with Crippen molar-refractivity contribution in [3.8, 4) is 0 Å². The normalized spacial score (nSPS) is 20.4. The summed E-state index contributed by atoms with van der Waals surface area (Å²) in [4.78, 5) is 24.9. The number of hydrogen-bond acceptors (Lipinski definition) is 7. The van der Waals surface area contributed by atoms with Crippen LogP contribution in [-0.4, -0.2) is 45.1 Å². The Bertz CT molecular complexity index is 900. The third-order valence-electron chi connectivity index (χ3n) is 3.43. The quantitative estimate of drug-likeness (QED) is 0.483. The molecule has 1 aromatic rings. The third-order valence-corrected chi connectivity index (χ3v) is 5.90. The van der Waals surface area contributed by atoms with Crippen LogP contribution in [0, 0.1) is 6.92 Å². The number of nitrogens with one attached hydrogen (secondary N) is 3. The van der Waals surface area contributed by atoms with Gasteiger partial charge in [-0.2, -0.15) is 13.1 Å². The van der Waals surface area contributed by atoms with Gasteiger partial charge < -0.3 is 15.4 Å². The SMILES string of the molecule is CC(=O)Nc1nc(C)c(C2(Cl)C=CC=CC2NS(N)(=O)=O)s1.CCNC(=O)OC. The van der Waals surface area contributed by atoms with Crippen LogP contribution in [0.5, 0.6) is 0 Å². The van der Waals surface area contributed by atoms with Gasteiger partial charge in [-0.3, -0.25) is 4.79 Å². The Balaban J connectivity index is 0.000000516. The average molecular weight is 466 g/mol. The van der Waals surface area contributed by atoms with Crippen molar-refractivity contribution in [3.63, 3.8) is 0 Å². The van der Waals surface area contributed by atoms with Gasteiger partial charge in [0, 0.05) is 13.5 Å². The van der Waals surface area contributed by atoms with Gasteiger partial charge in [-0.15, -0.1) is 11.6 Å². The number of anilines is 1. The summed E-state index contributed by atoms with van der Waals surface area (Å²) in [6, 6.07) is -0.765. The Kier molecular flexibility index (Phi) is 9.23. The number of amides is 2. The van der Waals surface area contributed by atoms with Crippen molar-refractivity contribution in [1.82, 2.24) is 15.0 Å². The fourth-order valence-electron chi connectivity index (χ4n) is 2.31. The van der Waals surface area contributed by atoms with Crippen molar-refractivity contribution < 1.29 is 22.7 Å². The molecule has 0 fully saturated rings.